The molecule has 20 heavy (non-hydrogen) atoms. The predicted molar refractivity (Wildman–Crippen MR) is 75.2 cm³/mol. The van der Waals surface area contributed by atoms with Gasteiger partial charge >= 0.3 is 0 Å². The van der Waals surface area contributed by atoms with Gasteiger partial charge in [0.15, 0.2) is 0 Å². The molecular formula is C13H17N3O3S. The Morgan fingerprint density at radius 3 is 3.15 bits per heavy atom. The monoisotopic (exact) mass is 295 g/mol. The minimum atomic E-state index is -0.0816. The number of aliphatic hydroxyl groups excluding tert-OH is 1. The highest BCUT2D eigenvalue weighted by Crippen LogP contribution is 2.21. The van der Waals surface area contributed by atoms with Crippen LogP contribution in [0.1, 0.15) is 25.7 Å². The third-order valence-corrected chi connectivity index (χ3v) is 3.61. The van der Waals surface area contributed by atoms with Crippen LogP contribution in [-0.4, -0.2) is 33.8 Å². The first-order chi connectivity index (χ1) is 9.69. The molecule has 0 radical (unpaired) electrons. The van der Waals surface area contributed by atoms with Crippen LogP contribution >= 0.6 is 11.3 Å². The molecule has 7 heteroatoms. The van der Waals surface area contributed by atoms with Crippen molar-refractivity contribution in [3.05, 3.63) is 23.4 Å². The van der Waals surface area contributed by atoms with Gasteiger partial charge in [-0.3, -0.25) is 4.79 Å². The van der Waals surface area contributed by atoms with Gasteiger partial charge in [-0.2, -0.15) is 4.98 Å². The molecule has 2 aromatic heterocycles. The minimum Gasteiger partial charge on any atom is -0.396 e. The molecule has 0 aromatic carbocycles. The number of carbonyl (C=O) groups is 1. The van der Waals surface area contributed by atoms with Crippen LogP contribution in [0.3, 0.4) is 0 Å². The Hall–Kier alpha value is -1.73. The molecule has 0 aliphatic rings. The molecule has 1 unspecified atom stereocenters. The molecule has 2 rings (SSSR count). The van der Waals surface area contributed by atoms with E-state index in [0.29, 0.717) is 31.0 Å². The normalized spacial score (nSPS) is 12.3. The Morgan fingerprint density at radius 1 is 1.60 bits per heavy atom. The van der Waals surface area contributed by atoms with Crippen molar-refractivity contribution >= 4 is 17.2 Å². The van der Waals surface area contributed by atoms with E-state index in [9.17, 15) is 4.79 Å². The summed E-state index contributed by atoms with van der Waals surface area (Å²) in [6.07, 6.45) is 1.26. The molecule has 0 aliphatic carbocycles. The van der Waals surface area contributed by atoms with Crippen molar-refractivity contribution in [3.8, 4) is 10.7 Å². The quantitative estimate of drug-likeness (QED) is 0.810. The Labute approximate surface area is 120 Å². The van der Waals surface area contributed by atoms with E-state index in [1.807, 2.05) is 24.4 Å². The highest BCUT2D eigenvalue weighted by molar-refractivity contribution is 7.13. The summed E-state index contributed by atoms with van der Waals surface area (Å²) >= 11 is 1.54. The van der Waals surface area contributed by atoms with Gasteiger partial charge in [0.05, 0.1) is 4.88 Å². The fourth-order valence-corrected chi connectivity index (χ4v) is 2.34. The van der Waals surface area contributed by atoms with Gasteiger partial charge in [-0.1, -0.05) is 11.2 Å². The molecule has 0 bridgehead atoms. The van der Waals surface area contributed by atoms with Gasteiger partial charge in [0.25, 0.3) is 0 Å². The van der Waals surface area contributed by atoms with E-state index in [-0.39, 0.29) is 18.6 Å². The number of hydrogen-bond donors (Lipinski definition) is 2. The SMILES string of the molecule is CC(CCO)NC(=O)CCc1nc(-c2cccs2)no1. The Balaban J connectivity index is 1.81. The van der Waals surface area contributed by atoms with Gasteiger partial charge in [-0.15, -0.1) is 11.3 Å². The average Bonchev–Trinajstić information content (AvgIpc) is 3.07. The Morgan fingerprint density at radius 2 is 2.45 bits per heavy atom. The highest BCUT2D eigenvalue weighted by Gasteiger charge is 2.12. The number of carbonyl (C=O) groups excluding carboxylic acids is 1. The maximum atomic E-state index is 11.7. The van der Waals surface area contributed by atoms with E-state index >= 15 is 0 Å². The van der Waals surface area contributed by atoms with Crippen molar-refractivity contribution in [3.63, 3.8) is 0 Å². The van der Waals surface area contributed by atoms with Crippen molar-refractivity contribution in [1.82, 2.24) is 15.5 Å². The number of aryl methyl sites for hydroxylation is 1. The number of amides is 1. The number of nitrogens with zero attached hydrogens (tertiary/aromatic N) is 2. The Bertz CT molecular complexity index is 539. The van der Waals surface area contributed by atoms with Crippen LogP contribution in [0.2, 0.25) is 0 Å². The lowest BCUT2D eigenvalue weighted by atomic mass is 10.2. The average molecular weight is 295 g/mol. The molecule has 2 heterocycles. The summed E-state index contributed by atoms with van der Waals surface area (Å²) < 4.78 is 5.12. The van der Waals surface area contributed by atoms with E-state index in [1.54, 1.807) is 0 Å². The van der Waals surface area contributed by atoms with Crippen LogP contribution in [0.5, 0.6) is 0 Å². The maximum Gasteiger partial charge on any atom is 0.227 e. The smallest absolute Gasteiger partial charge is 0.227 e. The van der Waals surface area contributed by atoms with E-state index < -0.39 is 0 Å². The summed E-state index contributed by atoms with van der Waals surface area (Å²) in [4.78, 5) is 16.9. The summed E-state index contributed by atoms with van der Waals surface area (Å²) in [6.45, 7) is 1.92. The van der Waals surface area contributed by atoms with Crippen molar-refractivity contribution in [1.29, 1.82) is 0 Å². The first kappa shape index (κ1) is 14.7. The molecule has 108 valence electrons. The zero-order chi connectivity index (χ0) is 14.4. The number of hydrogen-bond acceptors (Lipinski definition) is 6. The van der Waals surface area contributed by atoms with Crippen molar-refractivity contribution in [2.45, 2.75) is 32.2 Å². The lowest BCUT2D eigenvalue weighted by molar-refractivity contribution is -0.121. The minimum absolute atomic E-state index is 0.0307. The van der Waals surface area contributed by atoms with Crippen molar-refractivity contribution in [2.24, 2.45) is 0 Å². The molecule has 0 aliphatic heterocycles. The molecule has 1 amide bonds. The maximum absolute atomic E-state index is 11.7. The summed E-state index contributed by atoms with van der Waals surface area (Å²) in [5, 5.41) is 17.4. The molecule has 6 nitrogen and oxygen atoms in total. The molecule has 0 saturated heterocycles. The number of aromatic nitrogens is 2. The molecule has 0 fully saturated rings. The van der Waals surface area contributed by atoms with E-state index in [1.165, 1.54) is 11.3 Å². The fourth-order valence-electron chi connectivity index (χ4n) is 1.70. The second-order valence-electron chi connectivity index (χ2n) is 4.47. The van der Waals surface area contributed by atoms with Gasteiger partial charge < -0.3 is 14.9 Å². The summed E-state index contributed by atoms with van der Waals surface area (Å²) in [7, 11) is 0. The fraction of sp³-hybridized carbons (Fsp3) is 0.462. The van der Waals surface area contributed by atoms with Crippen molar-refractivity contribution < 1.29 is 14.4 Å². The second-order valence-corrected chi connectivity index (χ2v) is 5.42. The first-order valence-electron chi connectivity index (χ1n) is 6.45. The van der Waals surface area contributed by atoms with Crippen molar-refractivity contribution in [2.75, 3.05) is 6.61 Å². The van der Waals surface area contributed by atoms with Crippen LogP contribution in [0.4, 0.5) is 0 Å². The Kier molecular flexibility index (Phi) is 5.25. The third kappa shape index (κ3) is 4.14. The van der Waals surface area contributed by atoms with Gasteiger partial charge in [0, 0.05) is 25.5 Å². The predicted octanol–water partition coefficient (Wildman–Crippen LogP) is 1.62. The summed E-state index contributed by atoms with van der Waals surface area (Å²) in [5.74, 6) is 0.934. The number of aliphatic hydroxyl groups is 1. The zero-order valence-electron chi connectivity index (χ0n) is 11.2. The van der Waals surface area contributed by atoms with Gasteiger partial charge in [0.1, 0.15) is 0 Å². The van der Waals surface area contributed by atoms with E-state index in [2.05, 4.69) is 15.5 Å². The lowest BCUT2D eigenvalue weighted by Gasteiger charge is -2.11. The topological polar surface area (TPSA) is 88.2 Å². The van der Waals surface area contributed by atoms with Crippen LogP contribution in [0.25, 0.3) is 10.7 Å². The molecule has 1 atom stereocenters. The van der Waals surface area contributed by atoms with Gasteiger partial charge in [-0.25, -0.2) is 0 Å². The molecule has 0 spiro atoms. The van der Waals surface area contributed by atoms with E-state index in [0.717, 1.165) is 4.88 Å². The molecular weight excluding hydrogens is 278 g/mol. The third-order valence-electron chi connectivity index (χ3n) is 2.75. The van der Waals surface area contributed by atoms with Gasteiger partial charge in [0.2, 0.25) is 17.6 Å². The number of rotatable bonds is 7. The zero-order valence-corrected chi connectivity index (χ0v) is 12.0. The largest absolute Gasteiger partial charge is 0.396 e. The van der Waals surface area contributed by atoms with E-state index in [4.69, 9.17) is 9.63 Å². The van der Waals surface area contributed by atoms with Crippen LogP contribution in [0, 0.1) is 0 Å². The molecule has 2 N–H and O–H groups in total. The van der Waals surface area contributed by atoms with Crippen LogP contribution < -0.4 is 5.32 Å². The van der Waals surface area contributed by atoms with Gasteiger partial charge in [-0.05, 0) is 24.8 Å². The second kappa shape index (κ2) is 7.16. The standard InChI is InChI=1S/C13H17N3O3S/c1-9(6-7-17)14-11(18)4-5-12-15-13(16-19-12)10-3-2-8-20-10/h2-3,8-9,17H,4-7H2,1H3,(H,14,18). The lowest BCUT2D eigenvalue weighted by Crippen LogP contribution is -2.33. The van der Waals surface area contributed by atoms with Crippen LogP contribution in [0.15, 0.2) is 22.0 Å². The van der Waals surface area contributed by atoms with Crippen LogP contribution in [-0.2, 0) is 11.2 Å². The number of nitrogens with one attached hydrogen (secondary N) is 1. The first-order valence-corrected chi connectivity index (χ1v) is 7.33. The highest BCUT2D eigenvalue weighted by atomic mass is 32.1. The summed E-state index contributed by atoms with van der Waals surface area (Å²) in [6, 6.07) is 3.81. The number of thiophene rings is 1. The molecule has 0 saturated carbocycles. The summed E-state index contributed by atoms with van der Waals surface area (Å²) in [5.41, 5.74) is 0. The molecule has 2 aromatic rings.